The molecule has 0 atom stereocenters. The fraction of sp³-hybridized carbons (Fsp3) is 0.0870. The predicted octanol–water partition coefficient (Wildman–Crippen LogP) is 6.31. The SMILES string of the molecule is CCc1ccc(C(=O)NC(=S)Nc2ccc(Cl)cc2-c2nc3ccccc3s2)cc1. The van der Waals surface area contributed by atoms with Gasteiger partial charge in [0, 0.05) is 16.1 Å². The normalized spacial score (nSPS) is 10.7. The van der Waals surface area contributed by atoms with E-state index in [1.54, 1.807) is 29.5 Å². The van der Waals surface area contributed by atoms with Gasteiger partial charge in [0.2, 0.25) is 0 Å². The highest BCUT2D eigenvalue weighted by Crippen LogP contribution is 2.36. The van der Waals surface area contributed by atoms with Crippen molar-refractivity contribution in [2.24, 2.45) is 0 Å². The molecule has 1 aromatic heterocycles. The molecule has 0 saturated heterocycles. The van der Waals surface area contributed by atoms with Gasteiger partial charge in [-0.1, -0.05) is 42.8 Å². The van der Waals surface area contributed by atoms with Gasteiger partial charge in [0.25, 0.3) is 5.91 Å². The smallest absolute Gasteiger partial charge is 0.257 e. The zero-order chi connectivity index (χ0) is 21.1. The summed E-state index contributed by atoms with van der Waals surface area (Å²) in [5, 5.41) is 7.48. The topological polar surface area (TPSA) is 54.0 Å². The standard InChI is InChI=1S/C23H18ClN3OS2/c1-2-14-7-9-15(10-8-14)21(28)27-23(29)26-18-12-11-16(24)13-17(18)22-25-19-5-3-4-6-20(19)30-22/h3-13H,2H2,1H3,(H2,26,27,28,29). The summed E-state index contributed by atoms with van der Waals surface area (Å²) >= 11 is 13.2. The van der Waals surface area contributed by atoms with E-state index in [1.165, 1.54) is 5.56 Å². The van der Waals surface area contributed by atoms with Gasteiger partial charge in [-0.15, -0.1) is 11.3 Å². The van der Waals surface area contributed by atoms with Crippen LogP contribution < -0.4 is 10.6 Å². The number of hydrogen-bond acceptors (Lipinski definition) is 4. The maximum Gasteiger partial charge on any atom is 0.257 e. The van der Waals surface area contributed by atoms with E-state index in [1.807, 2.05) is 48.5 Å². The third kappa shape index (κ3) is 4.51. The second-order valence-electron chi connectivity index (χ2n) is 6.64. The molecular formula is C23H18ClN3OS2. The number of nitrogens with zero attached hydrogens (tertiary/aromatic N) is 1. The Morgan fingerprint density at radius 2 is 1.87 bits per heavy atom. The molecule has 0 aliphatic carbocycles. The van der Waals surface area contributed by atoms with Gasteiger partial charge in [-0.3, -0.25) is 10.1 Å². The van der Waals surface area contributed by atoms with Crippen molar-refractivity contribution >= 4 is 62.1 Å². The number of aromatic nitrogens is 1. The number of benzene rings is 3. The van der Waals surface area contributed by atoms with E-state index in [0.29, 0.717) is 10.6 Å². The van der Waals surface area contributed by atoms with Gasteiger partial charge in [-0.2, -0.15) is 0 Å². The summed E-state index contributed by atoms with van der Waals surface area (Å²) in [4.78, 5) is 17.2. The zero-order valence-electron chi connectivity index (χ0n) is 16.1. The lowest BCUT2D eigenvalue weighted by atomic mass is 10.1. The first kappa shape index (κ1) is 20.5. The molecule has 0 aliphatic rings. The van der Waals surface area contributed by atoms with Crippen LogP contribution in [0.15, 0.2) is 66.7 Å². The Morgan fingerprint density at radius 1 is 1.10 bits per heavy atom. The van der Waals surface area contributed by atoms with Gasteiger partial charge in [0.1, 0.15) is 5.01 Å². The zero-order valence-corrected chi connectivity index (χ0v) is 18.5. The van der Waals surface area contributed by atoms with Crippen LogP contribution in [0.3, 0.4) is 0 Å². The number of nitrogens with one attached hydrogen (secondary N) is 2. The van der Waals surface area contributed by atoms with Crippen LogP contribution in [0.5, 0.6) is 0 Å². The molecule has 0 aliphatic heterocycles. The number of aryl methyl sites for hydroxylation is 1. The summed E-state index contributed by atoms with van der Waals surface area (Å²) < 4.78 is 1.09. The Kier molecular flexibility index (Phi) is 6.08. The van der Waals surface area contributed by atoms with Crippen molar-refractivity contribution in [2.45, 2.75) is 13.3 Å². The average Bonchev–Trinajstić information content (AvgIpc) is 3.19. The molecule has 30 heavy (non-hydrogen) atoms. The molecule has 0 bridgehead atoms. The van der Waals surface area contributed by atoms with Gasteiger partial charge in [-0.05, 0) is 66.7 Å². The number of para-hydroxylation sites is 1. The number of carbonyl (C=O) groups is 1. The molecule has 150 valence electrons. The minimum Gasteiger partial charge on any atom is -0.332 e. The van der Waals surface area contributed by atoms with Gasteiger partial charge in [0.05, 0.1) is 15.9 Å². The number of rotatable bonds is 4. The van der Waals surface area contributed by atoms with Crippen molar-refractivity contribution in [3.8, 4) is 10.6 Å². The summed E-state index contributed by atoms with van der Waals surface area (Å²) in [7, 11) is 0. The first-order chi connectivity index (χ1) is 14.5. The van der Waals surface area contributed by atoms with Crippen LogP contribution >= 0.6 is 35.2 Å². The molecule has 1 amide bonds. The summed E-state index contributed by atoms with van der Waals surface area (Å²) in [6.07, 6.45) is 0.924. The molecule has 0 saturated carbocycles. The number of amides is 1. The van der Waals surface area contributed by atoms with Crippen molar-refractivity contribution in [1.82, 2.24) is 10.3 Å². The largest absolute Gasteiger partial charge is 0.332 e. The maximum atomic E-state index is 12.5. The lowest BCUT2D eigenvalue weighted by Crippen LogP contribution is -2.34. The lowest BCUT2D eigenvalue weighted by molar-refractivity contribution is 0.0977. The van der Waals surface area contributed by atoms with E-state index < -0.39 is 0 Å². The minimum atomic E-state index is -0.259. The fourth-order valence-corrected chi connectivity index (χ4v) is 4.38. The van der Waals surface area contributed by atoms with Gasteiger partial charge >= 0.3 is 0 Å². The van der Waals surface area contributed by atoms with Crippen molar-refractivity contribution in [1.29, 1.82) is 0 Å². The molecule has 0 fully saturated rings. The molecule has 0 spiro atoms. The van der Waals surface area contributed by atoms with Crippen molar-refractivity contribution in [2.75, 3.05) is 5.32 Å². The number of anilines is 1. The van der Waals surface area contributed by atoms with Crippen LogP contribution in [0.4, 0.5) is 5.69 Å². The van der Waals surface area contributed by atoms with Crippen LogP contribution in [0.2, 0.25) is 5.02 Å². The van der Waals surface area contributed by atoms with Gasteiger partial charge in [-0.25, -0.2) is 4.98 Å². The summed E-state index contributed by atoms with van der Waals surface area (Å²) in [5.74, 6) is -0.259. The number of thiazole rings is 1. The highest BCUT2D eigenvalue weighted by atomic mass is 35.5. The Balaban J connectivity index is 1.55. The number of carbonyl (C=O) groups excluding carboxylic acids is 1. The molecule has 0 radical (unpaired) electrons. The highest BCUT2D eigenvalue weighted by Gasteiger charge is 2.14. The summed E-state index contributed by atoms with van der Waals surface area (Å²) in [6.45, 7) is 2.07. The molecule has 4 rings (SSSR count). The molecular weight excluding hydrogens is 434 g/mol. The van der Waals surface area contributed by atoms with Gasteiger partial charge in [0.15, 0.2) is 5.11 Å². The highest BCUT2D eigenvalue weighted by molar-refractivity contribution is 7.80. The maximum absolute atomic E-state index is 12.5. The molecule has 7 heteroatoms. The van der Waals surface area contributed by atoms with E-state index in [9.17, 15) is 4.79 Å². The number of hydrogen-bond donors (Lipinski definition) is 2. The molecule has 1 heterocycles. The summed E-state index contributed by atoms with van der Waals surface area (Å²) in [6, 6.07) is 20.9. The first-order valence-corrected chi connectivity index (χ1v) is 11.0. The fourth-order valence-electron chi connectivity index (χ4n) is 3.01. The van der Waals surface area contributed by atoms with Crippen LogP contribution in [0, 0.1) is 0 Å². The van der Waals surface area contributed by atoms with Crippen molar-refractivity contribution in [3.05, 3.63) is 82.9 Å². The Hall–Kier alpha value is -2.80. The third-order valence-corrected chi connectivity index (χ3v) is 6.11. The third-order valence-electron chi connectivity index (χ3n) is 4.61. The number of thiocarbonyl (C=S) groups is 1. The number of halogens is 1. The van der Waals surface area contributed by atoms with Crippen LogP contribution in [0.25, 0.3) is 20.8 Å². The van der Waals surface area contributed by atoms with Crippen LogP contribution in [-0.2, 0) is 6.42 Å². The molecule has 4 aromatic rings. The van der Waals surface area contributed by atoms with E-state index >= 15 is 0 Å². The monoisotopic (exact) mass is 451 g/mol. The molecule has 4 nitrogen and oxygen atoms in total. The Morgan fingerprint density at radius 3 is 2.60 bits per heavy atom. The summed E-state index contributed by atoms with van der Waals surface area (Å²) in [5.41, 5.74) is 4.21. The van der Waals surface area contributed by atoms with E-state index in [4.69, 9.17) is 28.8 Å². The average molecular weight is 452 g/mol. The molecule has 2 N–H and O–H groups in total. The Labute approximate surface area is 188 Å². The minimum absolute atomic E-state index is 0.212. The number of fused-ring (bicyclic) bond motifs is 1. The van der Waals surface area contributed by atoms with Crippen molar-refractivity contribution in [3.63, 3.8) is 0 Å². The molecule has 3 aromatic carbocycles. The van der Waals surface area contributed by atoms with Crippen LogP contribution in [0.1, 0.15) is 22.8 Å². The predicted molar refractivity (Wildman–Crippen MR) is 130 cm³/mol. The second kappa shape index (κ2) is 8.92. The Bertz CT molecular complexity index is 1200. The molecule has 0 unspecified atom stereocenters. The van der Waals surface area contributed by atoms with E-state index in [0.717, 1.165) is 32.9 Å². The first-order valence-electron chi connectivity index (χ1n) is 9.40. The van der Waals surface area contributed by atoms with E-state index in [2.05, 4.69) is 17.6 Å². The van der Waals surface area contributed by atoms with Gasteiger partial charge < -0.3 is 5.32 Å². The van der Waals surface area contributed by atoms with Crippen molar-refractivity contribution < 1.29 is 4.79 Å². The quantitative estimate of drug-likeness (QED) is 0.357. The van der Waals surface area contributed by atoms with Crippen LogP contribution in [-0.4, -0.2) is 16.0 Å². The van der Waals surface area contributed by atoms with E-state index in [-0.39, 0.29) is 11.0 Å². The lowest BCUT2D eigenvalue weighted by Gasteiger charge is -2.13. The second-order valence-corrected chi connectivity index (χ2v) is 8.51.